The fourth-order valence-electron chi connectivity index (χ4n) is 4.54. The number of nitrogens with zero attached hydrogens (tertiary/aromatic N) is 1. The first-order valence-electron chi connectivity index (χ1n) is 12.0. The van der Waals surface area contributed by atoms with E-state index < -0.39 is 10.0 Å². The zero-order chi connectivity index (χ0) is 25.0. The van der Waals surface area contributed by atoms with Crippen LogP contribution in [0.2, 0.25) is 0 Å². The Morgan fingerprint density at radius 1 is 0.971 bits per heavy atom. The normalized spacial score (nSPS) is 16.6. The third-order valence-electron chi connectivity index (χ3n) is 6.50. The van der Waals surface area contributed by atoms with Crippen molar-refractivity contribution in [3.63, 3.8) is 0 Å². The Morgan fingerprint density at radius 2 is 1.63 bits per heavy atom. The number of aryl methyl sites for hydroxylation is 2. The number of carbonyl (C=O) groups is 1. The molecule has 3 aromatic rings. The molecule has 0 aliphatic carbocycles. The fraction of sp³-hybridized carbons (Fsp3) is 0.321. The van der Waals surface area contributed by atoms with Crippen LogP contribution in [0.25, 0.3) is 0 Å². The van der Waals surface area contributed by atoms with E-state index in [1.807, 2.05) is 56.3 Å². The van der Waals surface area contributed by atoms with Gasteiger partial charge >= 0.3 is 0 Å². The summed E-state index contributed by atoms with van der Waals surface area (Å²) in [6.45, 7) is 9.17. The Hall–Kier alpha value is -3.16. The van der Waals surface area contributed by atoms with Crippen molar-refractivity contribution in [2.75, 3.05) is 23.1 Å². The molecule has 0 aromatic heterocycles. The van der Waals surface area contributed by atoms with E-state index in [1.165, 1.54) is 30.5 Å². The SMILES string of the molecule is Cc1cccc(C)c1NS(=O)(=O)c1ccc(NC(=O)c2ccc(CN3CCC[C@@H](C)C3)cc2)cc1. The average Bonchev–Trinajstić information content (AvgIpc) is 2.82. The highest BCUT2D eigenvalue weighted by Crippen LogP contribution is 2.24. The van der Waals surface area contributed by atoms with Crippen molar-refractivity contribution in [1.29, 1.82) is 0 Å². The largest absolute Gasteiger partial charge is 0.322 e. The van der Waals surface area contributed by atoms with Gasteiger partial charge in [-0.3, -0.25) is 14.4 Å². The molecule has 1 aliphatic rings. The predicted molar refractivity (Wildman–Crippen MR) is 141 cm³/mol. The third-order valence-corrected chi connectivity index (χ3v) is 7.87. The van der Waals surface area contributed by atoms with Crippen LogP contribution >= 0.6 is 0 Å². The molecule has 0 saturated carbocycles. The van der Waals surface area contributed by atoms with Gasteiger partial charge in [-0.1, -0.05) is 37.3 Å². The number of rotatable bonds is 7. The maximum atomic E-state index is 12.9. The van der Waals surface area contributed by atoms with Gasteiger partial charge in [0.05, 0.1) is 10.6 Å². The minimum absolute atomic E-state index is 0.134. The van der Waals surface area contributed by atoms with E-state index in [1.54, 1.807) is 12.1 Å². The van der Waals surface area contributed by atoms with E-state index >= 15 is 0 Å². The van der Waals surface area contributed by atoms with Crippen molar-refractivity contribution in [2.45, 2.75) is 45.1 Å². The molecule has 0 bridgehead atoms. The number of hydrogen-bond donors (Lipinski definition) is 2. The molecule has 1 amide bonds. The summed E-state index contributed by atoms with van der Waals surface area (Å²) in [6.07, 6.45) is 2.54. The van der Waals surface area contributed by atoms with E-state index in [-0.39, 0.29) is 10.8 Å². The molecule has 7 heteroatoms. The van der Waals surface area contributed by atoms with E-state index in [2.05, 4.69) is 21.9 Å². The molecule has 35 heavy (non-hydrogen) atoms. The lowest BCUT2D eigenvalue weighted by Gasteiger charge is -2.30. The summed E-state index contributed by atoms with van der Waals surface area (Å²) in [5.41, 5.74) is 4.59. The second-order valence-corrected chi connectivity index (χ2v) is 11.2. The molecule has 1 aliphatic heterocycles. The number of benzene rings is 3. The molecule has 1 fully saturated rings. The summed E-state index contributed by atoms with van der Waals surface area (Å²) < 4.78 is 28.4. The van der Waals surface area contributed by atoms with Gasteiger partial charge in [0.2, 0.25) is 0 Å². The summed E-state index contributed by atoms with van der Waals surface area (Å²) in [4.78, 5) is 15.3. The van der Waals surface area contributed by atoms with E-state index in [0.717, 1.165) is 36.7 Å². The van der Waals surface area contributed by atoms with Crippen LogP contribution in [0.15, 0.2) is 71.6 Å². The average molecular weight is 492 g/mol. The first kappa shape index (κ1) is 24.9. The fourth-order valence-corrected chi connectivity index (χ4v) is 5.74. The van der Waals surface area contributed by atoms with Gasteiger partial charge in [-0.2, -0.15) is 0 Å². The first-order valence-corrected chi connectivity index (χ1v) is 13.5. The van der Waals surface area contributed by atoms with Crippen LogP contribution in [-0.2, 0) is 16.6 Å². The minimum atomic E-state index is -3.74. The highest BCUT2D eigenvalue weighted by Gasteiger charge is 2.18. The molecule has 1 heterocycles. The molecule has 4 rings (SSSR count). The summed E-state index contributed by atoms with van der Waals surface area (Å²) in [6, 6.07) is 19.5. The Bertz CT molecular complexity index is 1270. The Balaban J connectivity index is 1.38. The number of hydrogen-bond acceptors (Lipinski definition) is 4. The molecule has 0 spiro atoms. The van der Waals surface area contributed by atoms with Gasteiger partial charge in [-0.25, -0.2) is 8.42 Å². The van der Waals surface area contributed by atoms with E-state index in [4.69, 9.17) is 0 Å². The van der Waals surface area contributed by atoms with Crippen LogP contribution in [0.5, 0.6) is 0 Å². The van der Waals surface area contributed by atoms with Gasteiger partial charge in [0.15, 0.2) is 0 Å². The van der Waals surface area contributed by atoms with Crippen molar-refractivity contribution in [2.24, 2.45) is 5.92 Å². The molecule has 6 nitrogen and oxygen atoms in total. The van der Waals surface area contributed by atoms with Crippen LogP contribution < -0.4 is 10.0 Å². The first-order chi connectivity index (χ1) is 16.7. The second kappa shape index (κ2) is 10.6. The molecule has 184 valence electrons. The zero-order valence-corrected chi connectivity index (χ0v) is 21.4. The lowest BCUT2D eigenvalue weighted by atomic mass is 9.99. The number of nitrogens with one attached hydrogen (secondary N) is 2. The van der Waals surface area contributed by atoms with E-state index in [0.29, 0.717) is 16.9 Å². The number of para-hydroxylation sites is 1. The van der Waals surface area contributed by atoms with E-state index in [9.17, 15) is 13.2 Å². The van der Waals surface area contributed by atoms with Gasteiger partial charge in [0.1, 0.15) is 0 Å². The van der Waals surface area contributed by atoms with Crippen LogP contribution in [0.1, 0.15) is 46.8 Å². The van der Waals surface area contributed by atoms with Crippen molar-refractivity contribution >= 4 is 27.3 Å². The summed E-state index contributed by atoms with van der Waals surface area (Å²) in [5, 5.41) is 2.85. The predicted octanol–water partition coefficient (Wildman–Crippen LogP) is 5.59. The highest BCUT2D eigenvalue weighted by atomic mass is 32.2. The molecule has 1 atom stereocenters. The Kier molecular flexibility index (Phi) is 7.57. The van der Waals surface area contributed by atoms with Gasteiger partial charge in [-0.15, -0.1) is 0 Å². The van der Waals surface area contributed by atoms with Crippen LogP contribution in [0, 0.1) is 19.8 Å². The zero-order valence-electron chi connectivity index (χ0n) is 20.5. The van der Waals surface area contributed by atoms with Crippen molar-refractivity contribution < 1.29 is 13.2 Å². The number of carbonyl (C=O) groups excluding carboxylic acids is 1. The van der Waals surface area contributed by atoms with Crippen molar-refractivity contribution in [1.82, 2.24) is 4.90 Å². The molecule has 1 saturated heterocycles. The Morgan fingerprint density at radius 3 is 2.26 bits per heavy atom. The maximum Gasteiger partial charge on any atom is 0.261 e. The number of anilines is 2. The molecule has 2 N–H and O–H groups in total. The van der Waals surface area contributed by atoms with Gasteiger partial charge < -0.3 is 5.32 Å². The lowest BCUT2D eigenvalue weighted by molar-refractivity contribution is 0.102. The monoisotopic (exact) mass is 491 g/mol. The maximum absolute atomic E-state index is 12.9. The topological polar surface area (TPSA) is 78.5 Å². The van der Waals surface area contributed by atoms with Crippen LogP contribution in [-0.4, -0.2) is 32.3 Å². The quantitative estimate of drug-likeness (QED) is 0.452. The third kappa shape index (κ3) is 6.29. The number of piperidine rings is 1. The smallest absolute Gasteiger partial charge is 0.261 e. The minimum Gasteiger partial charge on any atom is -0.322 e. The summed E-state index contributed by atoms with van der Waals surface area (Å²) in [5.74, 6) is 0.505. The van der Waals surface area contributed by atoms with Crippen molar-refractivity contribution in [3.8, 4) is 0 Å². The number of amides is 1. The molecular weight excluding hydrogens is 458 g/mol. The lowest BCUT2D eigenvalue weighted by Crippen LogP contribution is -2.33. The number of likely N-dealkylation sites (tertiary alicyclic amines) is 1. The van der Waals surface area contributed by atoms with Crippen LogP contribution in [0.4, 0.5) is 11.4 Å². The molecule has 3 aromatic carbocycles. The van der Waals surface area contributed by atoms with Crippen LogP contribution in [0.3, 0.4) is 0 Å². The Labute approximate surface area is 208 Å². The molecule has 0 radical (unpaired) electrons. The van der Waals surface area contributed by atoms with Gasteiger partial charge in [-0.05, 0) is 92.2 Å². The molecule has 0 unspecified atom stereocenters. The van der Waals surface area contributed by atoms with Gasteiger partial charge in [0.25, 0.3) is 15.9 Å². The standard InChI is InChI=1S/C28H33N3O3S/c1-20-6-5-17-31(18-20)19-23-9-11-24(12-10-23)28(32)29-25-13-15-26(16-14-25)35(33,34)30-27-21(2)7-4-8-22(27)3/h4,7-16,20,30H,5-6,17-19H2,1-3H3,(H,29,32)/t20-/m1/s1. The highest BCUT2D eigenvalue weighted by molar-refractivity contribution is 7.92. The summed E-state index contributed by atoms with van der Waals surface area (Å²) >= 11 is 0. The van der Waals surface area contributed by atoms with Gasteiger partial charge in [0, 0.05) is 24.3 Å². The summed E-state index contributed by atoms with van der Waals surface area (Å²) in [7, 11) is -3.74. The second-order valence-electron chi connectivity index (χ2n) is 9.53. The number of sulfonamides is 1. The van der Waals surface area contributed by atoms with Crippen molar-refractivity contribution in [3.05, 3.63) is 89.0 Å². The molecular formula is C28H33N3O3S.